The summed E-state index contributed by atoms with van der Waals surface area (Å²) in [6.45, 7) is -0.146. The molecule has 37 heavy (non-hydrogen) atoms. The summed E-state index contributed by atoms with van der Waals surface area (Å²) in [6, 6.07) is 9.25. The van der Waals surface area contributed by atoms with Crippen LogP contribution in [0.15, 0.2) is 50.9 Å². The van der Waals surface area contributed by atoms with Crippen molar-refractivity contribution in [3.63, 3.8) is 0 Å². The topological polar surface area (TPSA) is 141 Å². The van der Waals surface area contributed by atoms with E-state index in [9.17, 15) is 22.9 Å². The number of carboxylic acids is 1. The van der Waals surface area contributed by atoms with E-state index < -0.39 is 21.8 Å². The summed E-state index contributed by atoms with van der Waals surface area (Å²) < 4.78 is 40.7. The zero-order valence-corrected chi connectivity index (χ0v) is 22.6. The quantitative estimate of drug-likeness (QED) is 0.228. The molecule has 4 heterocycles. The van der Waals surface area contributed by atoms with Crippen molar-refractivity contribution in [3.8, 4) is 11.3 Å². The van der Waals surface area contributed by atoms with Crippen molar-refractivity contribution in [1.29, 1.82) is 0 Å². The van der Waals surface area contributed by atoms with Crippen LogP contribution in [0.1, 0.15) is 11.4 Å². The van der Waals surface area contributed by atoms with Crippen LogP contribution in [-0.2, 0) is 21.5 Å². The van der Waals surface area contributed by atoms with Crippen molar-refractivity contribution >= 4 is 84.6 Å². The number of thioether (sulfide) groups is 1. The average molecular weight is 599 g/mol. The Kier molecular flexibility index (Phi) is 7.18. The molecule has 0 spiro atoms. The standard InChI is InChI=1S/C22H16Cl2N4O6S3/c23-19-20(24)26-22-21(25-19)27(6-2-8-37(31,32)33)16(36-22)10-17-28(11-18(29)30)13-9-12(4-5-15(13)35-17)14-3-1-7-34-14/h1,3-5,7,9-10H,2,6,8,11H2,(H-,29,30,31,32,33). The van der Waals surface area contributed by atoms with Crippen LogP contribution in [0.25, 0.3) is 27.9 Å². The molecule has 5 rings (SSSR count). The molecule has 0 saturated carbocycles. The minimum atomic E-state index is -4.41. The van der Waals surface area contributed by atoms with Gasteiger partial charge in [0.15, 0.2) is 10.2 Å². The van der Waals surface area contributed by atoms with Gasteiger partial charge in [0.25, 0.3) is 5.15 Å². The van der Waals surface area contributed by atoms with Crippen LogP contribution in [0.2, 0.25) is 10.3 Å². The molecule has 0 bridgehead atoms. The Morgan fingerprint density at radius 1 is 1.24 bits per heavy atom. The maximum atomic E-state index is 11.8. The molecule has 1 aliphatic heterocycles. The van der Waals surface area contributed by atoms with Crippen LogP contribution in [0.5, 0.6) is 0 Å². The fourth-order valence-electron chi connectivity index (χ4n) is 3.81. The van der Waals surface area contributed by atoms with Crippen LogP contribution in [0, 0.1) is 0 Å². The number of aliphatic carboxylic acids is 1. The molecule has 3 aromatic heterocycles. The van der Waals surface area contributed by atoms with Gasteiger partial charge in [-0.1, -0.05) is 34.7 Å². The van der Waals surface area contributed by atoms with E-state index in [2.05, 4.69) is 9.97 Å². The monoisotopic (exact) mass is 598 g/mol. The number of benzene rings is 1. The van der Waals surface area contributed by atoms with Crippen LogP contribution in [-0.4, -0.2) is 46.3 Å². The number of hydrogen-bond acceptors (Lipinski definition) is 10. The van der Waals surface area contributed by atoms with Gasteiger partial charge in [0.05, 0.1) is 33.6 Å². The number of furan rings is 1. The highest BCUT2D eigenvalue weighted by molar-refractivity contribution is 8.04. The number of rotatable bonds is 8. The van der Waals surface area contributed by atoms with E-state index in [1.54, 1.807) is 27.9 Å². The fraction of sp³-hybridized carbons (Fsp3) is 0.182. The number of nitrogens with zero attached hydrogens (tertiary/aromatic N) is 4. The molecule has 0 fully saturated rings. The number of carbonyl (C=O) groups is 1. The van der Waals surface area contributed by atoms with E-state index >= 15 is 0 Å². The Hall–Kier alpha value is -2.68. The molecule has 192 valence electrons. The van der Waals surface area contributed by atoms with E-state index in [1.165, 1.54) is 23.1 Å². The lowest BCUT2D eigenvalue weighted by molar-refractivity contribution is -0.670. The number of hydrogen-bond donors (Lipinski definition) is 1. The number of anilines is 1. The van der Waals surface area contributed by atoms with Crippen LogP contribution in [0.4, 0.5) is 5.69 Å². The number of aromatic nitrogens is 3. The number of halogens is 2. The Labute approximate surface area is 228 Å². The second-order valence-corrected chi connectivity index (χ2v) is 12.2. The van der Waals surface area contributed by atoms with Gasteiger partial charge in [-0.05, 0) is 53.3 Å². The van der Waals surface area contributed by atoms with Gasteiger partial charge in [-0.2, -0.15) is 0 Å². The first-order valence-electron chi connectivity index (χ1n) is 10.6. The van der Waals surface area contributed by atoms with Gasteiger partial charge >= 0.3 is 11.6 Å². The third-order valence-corrected chi connectivity index (χ3v) is 8.88. The van der Waals surface area contributed by atoms with Crippen molar-refractivity contribution in [2.24, 2.45) is 0 Å². The molecule has 1 aliphatic rings. The van der Waals surface area contributed by atoms with Crippen LogP contribution < -0.4 is 9.47 Å². The van der Waals surface area contributed by atoms with Crippen molar-refractivity contribution in [3.05, 3.63) is 56.9 Å². The first-order valence-corrected chi connectivity index (χ1v) is 14.6. The van der Waals surface area contributed by atoms with E-state index in [0.29, 0.717) is 32.0 Å². The lowest BCUT2D eigenvalue weighted by Gasteiger charge is -2.18. The smallest absolute Gasteiger partial charge is 0.362 e. The zero-order valence-electron chi connectivity index (χ0n) is 18.6. The number of thiazole rings is 1. The first kappa shape index (κ1) is 25.9. The Morgan fingerprint density at radius 3 is 2.73 bits per heavy atom. The largest absolute Gasteiger partial charge is 0.748 e. The van der Waals surface area contributed by atoms with Gasteiger partial charge in [-0.15, -0.1) is 0 Å². The van der Waals surface area contributed by atoms with Crippen molar-refractivity contribution in [2.75, 3.05) is 17.2 Å². The zero-order chi connectivity index (χ0) is 26.3. The molecular weight excluding hydrogens is 583 g/mol. The highest BCUT2D eigenvalue weighted by atomic mass is 35.5. The van der Waals surface area contributed by atoms with Crippen molar-refractivity contribution in [1.82, 2.24) is 9.97 Å². The summed E-state index contributed by atoms with van der Waals surface area (Å²) in [5.74, 6) is -0.917. The number of carboxylic acid groups (broad SMARTS) is 1. The van der Waals surface area contributed by atoms with E-state index in [1.807, 2.05) is 24.3 Å². The summed E-state index contributed by atoms with van der Waals surface area (Å²) in [4.78, 5) is 23.3. The minimum absolute atomic E-state index is 0.0167. The minimum Gasteiger partial charge on any atom is -0.748 e. The molecule has 1 N–H and O–H groups in total. The van der Waals surface area contributed by atoms with E-state index in [-0.39, 0.29) is 29.8 Å². The number of fused-ring (bicyclic) bond motifs is 2. The predicted octanol–water partition coefficient (Wildman–Crippen LogP) is 4.48. The Morgan fingerprint density at radius 2 is 2.03 bits per heavy atom. The lowest BCUT2D eigenvalue weighted by Crippen LogP contribution is -2.37. The molecular formula is C22H16Cl2N4O6S3. The molecule has 0 amide bonds. The third kappa shape index (κ3) is 5.61. The summed E-state index contributed by atoms with van der Waals surface area (Å²) >= 11 is 14.8. The molecule has 4 aromatic rings. The highest BCUT2D eigenvalue weighted by Gasteiger charge is 2.30. The molecule has 10 nitrogen and oxygen atoms in total. The van der Waals surface area contributed by atoms with Crippen molar-refractivity contribution < 1.29 is 31.9 Å². The third-order valence-electron chi connectivity index (χ3n) is 5.34. The fourth-order valence-corrected chi connectivity index (χ4v) is 6.78. The normalized spacial score (nSPS) is 14.6. The van der Waals surface area contributed by atoms with E-state index in [0.717, 1.165) is 10.5 Å². The van der Waals surface area contributed by atoms with Gasteiger partial charge in [0.1, 0.15) is 12.3 Å². The predicted molar refractivity (Wildman–Crippen MR) is 140 cm³/mol. The summed E-state index contributed by atoms with van der Waals surface area (Å²) in [7, 11) is -4.41. The molecule has 0 atom stereocenters. The molecule has 0 radical (unpaired) electrons. The Bertz CT molecular complexity index is 1650. The molecule has 15 heteroatoms. The van der Waals surface area contributed by atoms with Crippen LogP contribution in [0.3, 0.4) is 0 Å². The molecule has 0 saturated heterocycles. The summed E-state index contributed by atoms with van der Waals surface area (Å²) in [5.41, 5.74) is 1.88. The van der Waals surface area contributed by atoms with Crippen LogP contribution >= 0.6 is 46.3 Å². The van der Waals surface area contributed by atoms with Gasteiger partial charge < -0.3 is 19.0 Å². The average Bonchev–Trinajstić information content (AvgIpc) is 3.53. The summed E-state index contributed by atoms with van der Waals surface area (Å²) in [5, 5.41) is 10.9. The maximum absolute atomic E-state index is 11.8. The molecule has 1 aromatic carbocycles. The van der Waals surface area contributed by atoms with E-state index in [4.69, 9.17) is 27.6 Å². The maximum Gasteiger partial charge on any atom is 0.362 e. The highest BCUT2D eigenvalue weighted by Crippen LogP contribution is 2.48. The molecule has 0 unspecified atom stereocenters. The van der Waals surface area contributed by atoms with Gasteiger partial charge in [-0.3, -0.25) is 4.79 Å². The second kappa shape index (κ2) is 10.2. The Balaban J connectivity index is 1.58. The van der Waals surface area contributed by atoms with Crippen molar-refractivity contribution in [2.45, 2.75) is 17.9 Å². The van der Waals surface area contributed by atoms with Gasteiger partial charge in [0.2, 0.25) is 4.83 Å². The first-order chi connectivity index (χ1) is 17.6. The number of aryl methyl sites for hydroxylation is 1. The SMILES string of the molecule is O=C(O)CN1/C(=C\c2sc3nc(Cl)c(Cl)nc3[n+]2CCCS(=O)(=O)[O-])Sc2ccc(-c3ccco3)cc21. The second-order valence-electron chi connectivity index (χ2n) is 7.87. The van der Waals surface area contributed by atoms with Gasteiger partial charge in [-0.25, -0.2) is 18.0 Å². The van der Waals surface area contributed by atoms with Gasteiger partial charge in [0, 0.05) is 22.3 Å². The molecule has 0 aliphatic carbocycles. The summed E-state index contributed by atoms with van der Waals surface area (Å²) in [6.07, 6.45) is 3.39. The lowest BCUT2D eigenvalue weighted by atomic mass is 10.1.